The van der Waals surface area contributed by atoms with E-state index in [0.717, 1.165) is 6.42 Å². The molecule has 110 valence electrons. The number of ether oxygens (including phenoxy) is 1. The molecule has 0 radical (unpaired) electrons. The van der Waals surface area contributed by atoms with E-state index < -0.39 is 0 Å². The van der Waals surface area contributed by atoms with Crippen LogP contribution in [0, 0.1) is 11.3 Å². The van der Waals surface area contributed by atoms with E-state index in [-0.39, 0.29) is 29.2 Å². The van der Waals surface area contributed by atoms with Gasteiger partial charge in [-0.15, -0.1) is 0 Å². The number of carbonyl (C=O) groups is 1. The molecule has 0 aromatic carbocycles. The van der Waals surface area contributed by atoms with Gasteiger partial charge >= 0.3 is 5.97 Å². The third-order valence-corrected chi connectivity index (χ3v) is 4.73. The first-order valence-electron chi connectivity index (χ1n) is 7.33. The summed E-state index contributed by atoms with van der Waals surface area (Å²) >= 11 is 0. The first kappa shape index (κ1) is 13.9. The number of hydrogen-bond acceptors (Lipinski definition) is 3. The number of fused-ring (bicyclic) bond motifs is 1. The van der Waals surface area contributed by atoms with Crippen LogP contribution in [0.1, 0.15) is 37.7 Å². The summed E-state index contributed by atoms with van der Waals surface area (Å²) in [5.41, 5.74) is 2.48. The smallest absolute Gasteiger partial charge is 0.374 e. The van der Waals surface area contributed by atoms with Gasteiger partial charge in [-0.2, -0.15) is 0 Å². The Bertz CT molecular complexity index is 633. The molecule has 0 N–H and O–H groups in total. The van der Waals surface area contributed by atoms with Crippen molar-refractivity contribution in [1.82, 2.24) is 0 Å². The van der Waals surface area contributed by atoms with Crippen molar-refractivity contribution in [3.8, 4) is 0 Å². The van der Waals surface area contributed by atoms with Crippen molar-refractivity contribution in [2.45, 2.75) is 33.3 Å². The van der Waals surface area contributed by atoms with Crippen molar-refractivity contribution in [3.05, 3.63) is 59.6 Å². The predicted molar refractivity (Wildman–Crippen MR) is 80.8 cm³/mol. The van der Waals surface area contributed by atoms with E-state index in [9.17, 15) is 4.79 Å². The summed E-state index contributed by atoms with van der Waals surface area (Å²) in [6.07, 6.45) is 10.9. The number of rotatable bonds is 2. The molecular weight excluding hydrogens is 264 g/mol. The number of furan rings is 1. The van der Waals surface area contributed by atoms with Crippen LogP contribution in [0.5, 0.6) is 0 Å². The van der Waals surface area contributed by atoms with Crippen LogP contribution >= 0.6 is 0 Å². The van der Waals surface area contributed by atoms with Crippen molar-refractivity contribution in [3.63, 3.8) is 0 Å². The lowest BCUT2D eigenvalue weighted by Gasteiger charge is -2.43. The van der Waals surface area contributed by atoms with E-state index in [2.05, 4.69) is 45.1 Å². The van der Waals surface area contributed by atoms with Crippen LogP contribution in [0.15, 0.2) is 58.3 Å². The number of esters is 1. The first-order chi connectivity index (χ1) is 10.0. The molecule has 1 aromatic heterocycles. The molecule has 2 aliphatic carbocycles. The summed E-state index contributed by atoms with van der Waals surface area (Å²) in [7, 11) is 0. The van der Waals surface area contributed by atoms with E-state index >= 15 is 0 Å². The molecular formula is C18H20O3. The van der Waals surface area contributed by atoms with E-state index in [1.165, 1.54) is 17.4 Å². The average Bonchev–Trinajstić information content (AvgIpc) is 2.97. The van der Waals surface area contributed by atoms with Gasteiger partial charge in [0, 0.05) is 17.8 Å². The normalized spacial score (nSPS) is 31.2. The zero-order chi connectivity index (χ0) is 15.0. The summed E-state index contributed by atoms with van der Waals surface area (Å²) in [6.45, 7) is 6.46. The molecule has 0 unspecified atom stereocenters. The molecule has 0 saturated carbocycles. The Balaban J connectivity index is 1.82. The minimum Gasteiger partial charge on any atom is -0.457 e. The van der Waals surface area contributed by atoms with Gasteiger partial charge in [0.2, 0.25) is 5.76 Å². The highest BCUT2D eigenvalue weighted by atomic mass is 16.6. The summed E-state index contributed by atoms with van der Waals surface area (Å²) in [4.78, 5) is 12.1. The van der Waals surface area contributed by atoms with Gasteiger partial charge in [-0.1, -0.05) is 43.7 Å². The lowest BCUT2D eigenvalue weighted by Crippen LogP contribution is -2.40. The summed E-state index contributed by atoms with van der Waals surface area (Å²) in [5.74, 6) is 0.0954. The van der Waals surface area contributed by atoms with Crippen molar-refractivity contribution in [2.75, 3.05) is 0 Å². The predicted octanol–water partition coefficient (Wildman–Crippen LogP) is 4.29. The van der Waals surface area contributed by atoms with Crippen molar-refractivity contribution in [1.29, 1.82) is 0 Å². The van der Waals surface area contributed by atoms with Gasteiger partial charge in [-0.3, -0.25) is 0 Å². The maximum Gasteiger partial charge on any atom is 0.374 e. The van der Waals surface area contributed by atoms with Gasteiger partial charge in [0.15, 0.2) is 0 Å². The number of hydrogen-bond donors (Lipinski definition) is 0. The molecule has 1 heterocycles. The Labute approximate surface area is 125 Å². The Kier molecular flexibility index (Phi) is 3.36. The molecule has 0 amide bonds. The Hall–Kier alpha value is -2.03. The highest BCUT2D eigenvalue weighted by molar-refractivity contribution is 5.86. The van der Waals surface area contributed by atoms with Crippen molar-refractivity contribution < 1.29 is 13.9 Å². The third kappa shape index (κ3) is 2.37. The second-order valence-electron chi connectivity index (χ2n) is 6.11. The van der Waals surface area contributed by atoms with Gasteiger partial charge in [0.1, 0.15) is 6.10 Å². The van der Waals surface area contributed by atoms with Crippen LogP contribution in [-0.2, 0) is 4.74 Å². The van der Waals surface area contributed by atoms with Crippen molar-refractivity contribution in [2.24, 2.45) is 11.3 Å². The molecule has 3 heteroatoms. The van der Waals surface area contributed by atoms with E-state index in [1.54, 1.807) is 12.1 Å². The zero-order valence-electron chi connectivity index (χ0n) is 12.6. The number of carbonyl (C=O) groups excluding carboxylic acids is 1. The van der Waals surface area contributed by atoms with Gasteiger partial charge in [0.05, 0.1) is 6.26 Å². The lowest BCUT2D eigenvalue weighted by atomic mass is 9.63. The maximum absolute atomic E-state index is 12.1. The summed E-state index contributed by atoms with van der Waals surface area (Å²) in [6, 6.07) is 3.32. The monoisotopic (exact) mass is 284 g/mol. The van der Waals surface area contributed by atoms with Crippen LogP contribution in [-0.4, -0.2) is 12.1 Å². The fourth-order valence-corrected chi connectivity index (χ4v) is 3.26. The minimum absolute atomic E-state index is 0.0782. The lowest BCUT2D eigenvalue weighted by molar-refractivity contribution is -0.00166. The molecule has 2 aliphatic rings. The highest BCUT2D eigenvalue weighted by Crippen LogP contribution is 2.47. The van der Waals surface area contributed by atoms with Gasteiger partial charge < -0.3 is 9.15 Å². The van der Waals surface area contributed by atoms with E-state index in [1.807, 2.05) is 0 Å². The molecule has 3 rings (SSSR count). The maximum atomic E-state index is 12.1. The highest BCUT2D eigenvalue weighted by Gasteiger charge is 2.42. The minimum atomic E-state index is -0.385. The zero-order valence-corrected chi connectivity index (χ0v) is 12.6. The average molecular weight is 284 g/mol. The van der Waals surface area contributed by atoms with Crippen LogP contribution < -0.4 is 0 Å². The Morgan fingerprint density at radius 3 is 2.95 bits per heavy atom. The van der Waals surface area contributed by atoms with Gasteiger partial charge in [-0.25, -0.2) is 4.79 Å². The fourth-order valence-electron chi connectivity index (χ4n) is 3.26. The Morgan fingerprint density at radius 2 is 2.24 bits per heavy atom. The van der Waals surface area contributed by atoms with Crippen LogP contribution in [0.4, 0.5) is 0 Å². The summed E-state index contributed by atoms with van der Waals surface area (Å²) < 4.78 is 10.8. The van der Waals surface area contributed by atoms with Crippen LogP contribution in [0.3, 0.4) is 0 Å². The molecule has 0 saturated heterocycles. The molecule has 0 spiro atoms. The quantitative estimate of drug-likeness (QED) is 0.760. The van der Waals surface area contributed by atoms with E-state index in [4.69, 9.17) is 9.15 Å². The fraction of sp³-hybridized carbons (Fsp3) is 0.389. The second kappa shape index (κ2) is 5.06. The van der Waals surface area contributed by atoms with Crippen molar-refractivity contribution >= 4 is 5.97 Å². The van der Waals surface area contributed by atoms with Gasteiger partial charge in [-0.05, 0) is 24.6 Å². The number of allylic oxidation sites excluding steroid dienone is 5. The molecule has 1 aromatic rings. The second-order valence-corrected chi connectivity index (χ2v) is 6.11. The molecule has 3 atom stereocenters. The molecule has 0 fully saturated rings. The largest absolute Gasteiger partial charge is 0.457 e. The topological polar surface area (TPSA) is 39.4 Å². The third-order valence-electron chi connectivity index (χ3n) is 4.73. The standard InChI is InChI=1S/C18H20O3/c1-12-6-7-14-8-9-15(13(2)18(14,3)11-12)21-17(19)16-5-4-10-20-16/h4-8,10-11,13,15H,9H2,1-3H3/t13-,15-,18+/m0/s1. The first-order valence-corrected chi connectivity index (χ1v) is 7.33. The van der Waals surface area contributed by atoms with Gasteiger partial charge in [0.25, 0.3) is 0 Å². The molecule has 21 heavy (non-hydrogen) atoms. The Morgan fingerprint density at radius 1 is 1.43 bits per heavy atom. The van der Waals surface area contributed by atoms with E-state index in [0.29, 0.717) is 0 Å². The summed E-state index contributed by atoms with van der Waals surface area (Å²) in [5, 5.41) is 0. The molecule has 3 nitrogen and oxygen atoms in total. The SMILES string of the molecule is CC1=C[C@@]2(C)C(=CC[C@H](OC(=O)c3ccco3)[C@@H]2C)C=C1. The molecule has 0 aliphatic heterocycles. The van der Waals surface area contributed by atoms with Crippen LogP contribution in [0.25, 0.3) is 0 Å². The molecule has 0 bridgehead atoms. The van der Waals surface area contributed by atoms with Crippen LogP contribution in [0.2, 0.25) is 0 Å².